The lowest BCUT2D eigenvalue weighted by Crippen LogP contribution is -2.39. The molecule has 0 aliphatic carbocycles. The molecule has 0 aromatic heterocycles. The summed E-state index contributed by atoms with van der Waals surface area (Å²) in [6, 6.07) is 24.5. The van der Waals surface area contributed by atoms with E-state index < -0.39 is 0 Å². The maximum atomic E-state index is 12.6. The van der Waals surface area contributed by atoms with Crippen molar-refractivity contribution in [2.75, 3.05) is 12.4 Å². The Kier molecular flexibility index (Phi) is 5.74. The molecule has 1 heterocycles. The number of amides is 1. The van der Waals surface area contributed by atoms with Crippen LogP contribution in [0.4, 0.5) is 5.69 Å². The fraction of sp³-hybridized carbons (Fsp3) is 0.174. The number of benzene rings is 3. The highest BCUT2D eigenvalue weighted by atomic mass is 16.5. The van der Waals surface area contributed by atoms with Gasteiger partial charge in [0, 0.05) is 11.7 Å². The van der Waals surface area contributed by atoms with Gasteiger partial charge in [0.15, 0.2) is 0 Å². The van der Waals surface area contributed by atoms with E-state index in [1.165, 1.54) is 0 Å². The number of hydrogen-bond donors (Lipinski definition) is 3. The van der Waals surface area contributed by atoms with Gasteiger partial charge in [-0.15, -0.1) is 0 Å². The number of carbonyl (C=O) groups excluding carboxylic acids is 1. The number of para-hydroxylation sites is 1. The maximum absolute atomic E-state index is 12.6. The lowest BCUT2D eigenvalue weighted by atomic mass is 10.0. The first-order chi connectivity index (χ1) is 14.2. The van der Waals surface area contributed by atoms with Crippen molar-refractivity contribution >= 4 is 11.6 Å². The minimum absolute atomic E-state index is 0.0440. The van der Waals surface area contributed by atoms with E-state index in [0.717, 1.165) is 22.7 Å². The van der Waals surface area contributed by atoms with E-state index in [2.05, 4.69) is 16.2 Å². The summed E-state index contributed by atoms with van der Waals surface area (Å²) in [5, 5.41) is 2.95. The number of rotatable bonds is 6. The van der Waals surface area contributed by atoms with Gasteiger partial charge in [0.1, 0.15) is 23.3 Å². The third-order valence-corrected chi connectivity index (χ3v) is 4.82. The van der Waals surface area contributed by atoms with Crippen molar-refractivity contribution in [2.45, 2.75) is 18.5 Å². The number of methoxy groups -OCH3 is 1. The van der Waals surface area contributed by atoms with Crippen LogP contribution in [0.3, 0.4) is 0 Å². The molecule has 0 saturated carbocycles. The van der Waals surface area contributed by atoms with Crippen LogP contribution in [0, 0.1) is 0 Å². The predicted octanol–water partition coefficient (Wildman–Crippen LogP) is 4.03. The molecular formula is C23H23N3O3. The average Bonchev–Trinajstić information content (AvgIpc) is 3.26. The number of hydrogen-bond acceptors (Lipinski definition) is 5. The van der Waals surface area contributed by atoms with Gasteiger partial charge in [-0.25, -0.2) is 10.9 Å². The number of ether oxygens (including phenoxy) is 2. The number of hydrazine groups is 1. The molecule has 4 rings (SSSR count). The topological polar surface area (TPSA) is 71.6 Å². The van der Waals surface area contributed by atoms with Crippen LogP contribution in [0.1, 0.15) is 18.0 Å². The number of carbonyl (C=O) groups is 1. The molecule has 6 nitrogen and oxygen atoms in total. The molecule has 1 amide bonds. The average molecular weight is 389 g/mol. The summed E-state index contributed by atoms with van der Waals surface area (Å²) < 4.78 is 11.1. The maximum Gasteiger partial charge on any atom is 0.242 e. The molecule has 2 unspecified atom stereocenters. The monoisotopic (exact) mass is 389 g/mol. The van der Waals surface area contributed by atoms with Crippen LogP contribution >= 0.6 is 0 Å². The molecule has 29 heavy (non-hydrogen) atoms. The predicted molar refractivity (Wildman–Crippen MR) is 112 cm³/mol. The highest BCUT2D eigenvalue weighted by Gasteiger charge is 2.30. The van der Waals surface area contributed by atoms with Crippen molar-refractivity contribution in [1.82, 2.24) is 10.9 Å². The molecule has 3 aromatic rings. The van der Waals surface area contributed by atoms with Crippen LogP contribution < -0.4 is 25.6 Å². The summed E-state index contributed by atoms with van der Waals surface area (Å²) in [4.78, 5) is 12.6. The van der Waals surface area contributed by atoms with Gasteiger partial charge in [-0.3, -0.25) is 4.79 Å². The second kappa shape index (κ2) is 8.77. The lowest BCUT2D eigenvalue weighted by Gasteiger charge is -2.12. The van der Waals surface area contributed by atoms with E-state index >= 15 is 0 Å². The van der Waals surface area contributed by atoms with E-state index in [1.54, 1.807) is 7.11 Å². The zero-order valence-electron chi connectivity index (χ0n) is 16.1. The highest BCUT2D eigenvalue weighted by molar-refractivity contribution is 5.95. The summed E-state index contributed by atoms with van der Waals surface area (Å²) in [7, 11) is 1.64. The summed E-state index contributed by atoms with van der Waals surface area (Å²) in [6.07, 6.45) is 0.647. The van der Waals surface area contributed by atoms with Gasteiger partial charge in [0.2, 0.25) is 5.91 Å². The fourth-order valence-electron chi connectivity index (χ4n) is 3.27. The highest BCUT2D eigenvalue weighted by Crippen LogP contribution is 2.26. The van der Waals surface area contributed by atoms with Crippen molar-refractivity contribution in [2.24, 2.45) is 0 Å². The fourth-order valence-corrected chi connectivity index (χ4v) is 3.27. The molecule has 1 aliphatic heterocycles. The van der Waals surface area contributed by atoms with Crippen molar-refractivity contribution in [3.8, 4) is 17.2 Å². The van der Waals surface area contributed by atoms with Gasteiger partial charge in [-0.05, 0) is 60.5 Å². The van der Waals surface area contributed by atoms with E-state index in [4.69, 9.17) is 9.47 Å². The number of anilines is 1. The van der Waals surface area contributed by atoms with Gasteiger partial charge in [-0.1, -0.05) is 30.3 Å². The molecule has 3 aromatic carbocycles. The molecule has 0 radical (unpaired) electrons. The van der Waals surface area contributed by atoms with Crippen molar-refractivity contribution in [1.29, 1.82) is 0 Å². The summed E-state index contributed by atoms with van der Waals surface area (Å²) in [5.74, 6) is 2.21. The van der Waals surface area contributed by atoms with Crippen LogP contribution in [0.25, 0.3) is 0 Å². The zero-order chi connectivity index (χ0) is 20.1. The third-order valence-electron chi connectivity index (χ3n) is 4.82. The largest absolute Gasteiger partial charge is 0.497 e. The Hall–Kier alpha value is -3.35. The quantitative estimate of drug-likeness (QED) is 0.594. The lowest BCUT2D eigenvalue weighted by molar-refractivity contribution is -0.117. The molecule has 1 saturated heterocycles. The molecule has 2 atom stereocenters. The Morgan fingerprint density at radius 2 is 1.62 bits per heavy atom. The van der Waals surface area contributed by atoms with E-state index in [9.17, 15) is 4.79 Å². The van der Waals surface area contributed by atoms with Crippen molar-refractivity contribution in [3.63, 3.8) is 0 Å². The van der Waals surface area contributed by atoms with Gasteiger partial charge in [0.05, 0.1) is 7.11 Å². The molecule has 1 aliphatic rings. The molecule has 3 N–H and O–H groups in total. The van der Waals surface area contributed by atoms with Crippen LogP contribution in [0.2, 0.25) is 0 Å². The summed E-state index contributed by atoms with van der Waals surface area (Å²) >= 11 is 0. The van der Waals surface area contributed by atoms with Crippen LogP contribution in [-0.2, 0) is 4.79 Å². The van der Waals surface area contributed by atoms with Crippen molar-refractivity contribution in [3.05, 3.63) is 84.4 Å². The third kappa shape index (κ3) is 4.74. The van der Waals surface area contributed by atoms with E-state index in [0.29, 0.717) is 12.2 Å². The van der Waals surface area contributed by atoms with Crippen LogP contribution in [0.15, 0.2) is 78.9 Å². The van der Waals surface area contributed by atoms with E-state index in [1.807, 2.05) is 78.9 Å². The normalized spacial score (nSPS) is 18.2. The Bertz CT molecular complexity index is 961. The second-order valence-corrected chi connectivity index (χ2v) is 6.83. The van der Waals surface area contributed by atoms with E-state index in [-0.39, 0.29) is 18.0 Å². The summed E-state index contributed by atoms with van der Waals surface area (Å²) in [5.41, 5.74) is 8.07. The molecule has 0 spiro atoms. The molecule has 148 valence electrons. The summed E-state index contributed by atoms with van der Waals surface area (Å²) in [6.45, 7) is 0. The SMILES string of the molecule is COc1cccc(C2CC(C(=O)Nc3ccc(Oc4ccccc4)cc3)NN2)c1. The Balaban J connectivity index is 1.33. The molecule has 6 heteroatoms. The molecular weight excluding hydrogens is 366 g/mol. The standard InChI is InChI=1S/C23H23N3O3/c1-28-20-9-5-6-16(14-20)21-15-22(26-25-21)23(27)24-17-10-12-19(13-11-17)29-18-7-3-2-4-8-18/h2-14,21-22,25-26H,15H2,1H3,(H,24,27). The Morgan fingerprint density at radius 3 is 2.38 bits per heavy atom. The number of nitrogens with one attached hydrogen (secondary N) is 3. The van der Waals surface area contributed by atoms with Gasteiger partial charge < -0.3 is 14.8 Å². The van der Waals surface area contributed by atoms with Crippen LogP contribution in [-0.4, -0.2) is 19.1 Å². The first-order valence-corrected chi connectivity index (χ1v) is 9.50. The van der Waals surface area contributed by atoms with Crippen LogP contribution in [0.5, 0.6) is 17.2 Å². The van der Waals surface area contributed by atoms with Gasteiger partial charge >= 0.3 is 0 Å². The smallest absolute Gasteiger partial charge is 0.242 e. The zero-order valence-corrected chi connectivity index (χ0v) is 16.1. The van der Waals surface area contributed by atoms with Crippen molar-refractivity contribution < 1.29 is 14.3 Å². The Morgan fingerprint density at radius 1 is 0.897 bits per heavy atom. The Labute approximate surface area is 169 Å². The first-order valence-electron chi connectivity index (χ1n) is 9.50. The van der Waals surface area contributed by atoms with Gasteiger partial charge in [0.25, 0.3) is 0 Å². The minimum Gasteiger partial charge on any atom is -0.497 e. The first kappa shape index (κ1) is 19.0. The van der Waals surface area contributed by atoms with Gasteiger partial charge in [-0.2, -0.15) is 0 Å². The minimum atomic E-state index is -0.327. The molecule has 1 fully saturated rings. The second-order valence-electron chi connectivity index (χ2n) is 6.83. The molecule has 0 bridgehead atoms.